The van der Waals surface area contributed by atoms with Crippen LogP contribution >= 0.6 is 0 Å². The Morgan fingerprint density at radius 3 is 0.821 bits per heavy atom. The van der Waals surface area contributed by atoms with Gasteiger partial charge in [-0.3, -0.25) is 0 Å². The summed E-state index contributed by atoms with van der Waals surface area (Å²) in [6.45, 7) is -0.239. The number of benzene rings is 16. The number of hydrogen-bond donors (Lipinski definition) is 0. The van der Waals surface area contributed by atoms with Gasteiger partial charge in [-0.2, -0.15) is 0 Å². The minimum Gasteiger partial charge on any atom is -0.310 e. The molecule has 0 bridgehead atoms. The van der Waals surface area contributed by atoms with Gasteiger partial charge in [-0.05, 0) is 140 Å². The number of para-hydroxylation sites is 2. The van der Waals surface area contributed by atoms with Crippen LogP contribution in [0.1, 0.15) is 0 Å². The van der Waals surface area contributed by atoms with E-state index in [0.29, 0.717) is 0 Å². The van der Waals surface area contributed by atoms with E-state index in [0.717, 1.165) is 84.2 Å². The van der Waals surface area contributed by atoms with Gasteiger partial charge in [0.1, 0.15) is 0 Å². The van der Waals surface area contributed by atoms with Crippen LogP contribution in [-0.2, 0) is 0 Å². The highest BCUT2D eigenvalue weighted by molar-refractivity contribution is 7.00. The molecule has 2 aliphatic heterocycles. The van der Waals surface area contributed by atoms with Crippen LogP contribution in [0.25, 0.3) is 122 Å². The van der Waals surface area contributed by atoms with Gasteiger partial charge in [0.2, 0.25) is 0 Å². The highest BCUT2D eigenvalue weighted by Crippen LogP contribution is 2.55. The van der Waals surface area contributed by atoms with E-state index in [-0.39, 0.29) is 6.71 Å². The lowest BCUT2D eigenvalue weighted by atomic mass is 9.33. The molecule has 16 aromatic rings. The van der Waals surface area contributed by atoms with Crippen LogP contribution in [0.3, 0.4) is 0 Å². The van der Waals surface area contributed by atoms with E-state index in [4.69, 9.17) is 0 Å². The maximum atomic E-state index is 2.67. The third kappa shape index (κ3) is 9.42. The number of rotatable bonds is 11. The average Bonchev–Trinajstić information content (AvgIpc) is 0.687. The maximum absolute atomic E-state index is 2.67. The van der Waals surface area contributed by atoms with E-state index in [1.807, 2.05) is 0 Å². The average molecular weight is 1210 g/mol. The van der Waals surface area contributed by atoms with Crippen LogP contribution < -0.4 is 26.2 Å². The molecule has 16 aromatic carbocycles. The molecule has 0 spiro atoms. The minimum atomic E-state index is -0.239. The Hall–Kier alpha value is -12.3. The first kappa shape index (κ1) is 55.5. The molecular formula is C92H61BN2. The van der Waals surface area contributed by atoms with Gasteiger partial charge in [0, 0.05) is 45.0 Å². The topological polar surface area (TPSA) is 6.48 Å². The second-order valence-corrected chi connectivity index (χ2v) is 24.9. The summed E-state index contributed by atoms with van der Waals surface area (Å²) in [6, 6.07) is 138. The first-order valence-corrected chi connectivity index (χ1v) is 32.9. The van der Waals surface area contributed by atoms with E-state index >= 15 is 0 Å². The van der Waals surface area contributed by atoms with Crippen LogP contribution in [0.4, 0.5) is 34.1 Å². The zero-order valence-electron chi connectivity index (χ0n) is 52.2. The standard InChI is InChI=1S/C92H61BN2/c1-8-30-62(31-9-1)69-54-56-84-82(58-69)93-83-59-70(63-32-10-2-11-33-63)55-57-85(83)95(92-75(67-40-18-6-19-41-67)52-29-53-76(92)68-42-20-7-21-43-68)87-61-71(60-86(90(87)93)94(84)91-73(65-36-14-4-15-37-65)50-28-51-74(91)66-38-16-5-17-39-66)88-78-46-24-26-48-80(78)89(81-49-27-25-47-79(81)88)77-45-23-22-44-72(77)64-34-12-3-13-35-64/h1-61H. The lowest BCUT2D eigenvalue weighted by Gasteiger charge is -2.46. The quantitative estimate of drug-likeness (QED) is 0.0941. The normalized spacial score (nSPS) is 12.1. The fraction of sp³-hybridized carbons (Fsp3) is 0. The van der Waals surface area contributed by atoms with Crippen molar-refractivity contribution in [2.75, 3.05) is 9.80 Å². The van der Waals surface area contributed by atoms with Crippen LogP contribution in [-0.4, -0.2) is 6.71 Å². The van der Waals surface area contributed by atoms with Crippen molar-refractivity contribution < 1.29 is 0 Å². The Morgan fingerprint density at radius 1 is 0.179 bits per heavy atom. The summed E-state index contributed by atoms with van der Waals surface area (Å²) in [5, 5.41) is 4.76. The summed E-state index contributed by atoms with van der Waals surface area (Å²) in [5.41, 5.74) is 31.3. The van der Waals surface area contributed by atoms with Crippen LogP contribution in [0.2, 0.25) is 0 Å². The molecule has 0 unspecified atom stereocenters. The Bertz CT molecular complexity index is 5170. The first-order valence-electron chi connectivity index (χ1n) is 32.9. The fourth-order valence-electron chi connectivity index (χ4n) is 15.5. The molecule has 95 heavy (non-hydrogen) atoms. The highest BCUT2D eigenvalue weighted by Gasteiger charge is 2.46. The monoisotopic (exact) mass is 1200 g/mol. The van der Waals surface area contributed by atoms with Gasteiger partial charge in [-0.25, -0.2) is 0 Å². The van der Waals surface area contributed by atoms with Crippen molar-refractivity contribution in [1.29, 1.82) is 0 Å². The van der Waals surface area contributed by atoms with Crippen molar-refractivity contribution in [3.05, 3.63) is 370 Å². The molecule has 0 aromatic heterocycles. The van der Waals surface area contributed by atoms with Gasteiger partial charge < -0.3 is 9.80 Å². The number of nitrogens with zero attached hydrogens (tertiary/aromatic N) is 2. The second kappa shape index (κ2) is 23.4. The van der Waals surface area contributed by atoms with Crippen molar-refractivity contribution in [2.45, 2.75) is 0 Å². The molecule has 2 nitrogen and oxygen atoms in total. The van der Waals surface area contributed by atoms with E-state index in [1.165, 1.54) is 88.0 Å². The van der Waals surface area contributed by atoms with E-state index < -0.39 is 0 Å². The Labute approximate surface area is 555 Å². The van der Waals surface area contributed by atoms with Crippen LogP contribution in [0.15, 0.2) is 370 Å². The smallest absolute Gasteiger partial charge is 0.252 e. The molecular weight excluding hydrogens is 1140 g/mol. The van der Waals surface area contributed by atoms with Crippen molar-refractivity contribution in [3.63, 3.8) is 0 Å². The Kier molecular flexibility index (Phi) is 13.7. The summed E-state index contributed by atoms with van der Waals surface area (Å²) in [5.74, 6) is 0. The van der Waals surface area contributed by atoms with Gasteiger partial charge in [0.15, 0.2) is 0 Å². The van der Waals surface area contributed by atoms with Crippen molar-refractivity contribution in [2.24, 2.45) is 0 Å². The molecule has 0 radical (unpaired) electrons. The molecule has 0 aliphatic carbocycles. The molecule has 2 heterocycles. The van der Waals surface area contributed by atoms with Crippen molar-refractivity contribution >= 4 is 78.8 Å². The zero-order chi connectivity index (χ0) is 62.8. The Balaban J connectivity index is 1.04. The largest absolute Gasteiger partial charge is 0.310 e. The summed E-state index contributed by atoms with van der Waals surface area (Å²) in [4.78, 5) is 5.35. The molecule has 0 saturated carbocycles. The molecule has 18 rings (SSSR count). The van der Waals surface area contributed by atoms with Gasteiger partial charge in [0.25, 0.3) is 6.71 Å². The third-order valence-corrected chi connectivity index (χ3v) is 19.6. The molecule has 0 saturated heterocycles. The molecule has 0 atom stereocenters. The Morgan fingerprint density at radius 2 is 0.463 bits per heavy atom. The maximum Gasteiger partial charge on any atom is 0.252 e. The lowest BCUT2D eigenvalue weighted by molar-refractivity contribution is 1.25. The summed E-state index contributed by atoms with van der Waals surface area (Å²) >= 11 is 0. The van der Waals surface area contributed by atoms with Gasteiger partial charge in [0.05, 0.1) is 11.4 Å². The molecule has 0 N–H and O–H groups in total. The van der Waals surface area contributed by atoms with Crippen LogP contribution in [0, 0.1) is 0 Å². The minimum absolute atomic E-state index is 0.239. The zero-order valence-corrected chi connectivity index (χ0v) is 52.2. The third-order valence-electron chi connectivity index (χ3n) is 19.6. The fourth-order valence-corrected chi connectivity index (χ4v) is 15.5. The van der Waals surface area contributed by atoms with E-state index in [2.05, 4.69) is 380 Å². The molecule has 3 heteroatoms. The van der Waals surface area contributed by atoms with Gasteiger partial charge >= 0.3 is 0 Å². The van der Waals surface area contributed by atoms with E-state index in [1.54, 1.807) is 0 Å². The second-order valence-electron chi connectivity index (χ2n) is 24.9. The predicted molar refractivity (Wildman–Crippen MR) is 404 cm³/mol. The predicted octanol–water partition coefficient (Wildman–Crippen LogP) is 23.1. The van der Waals surface area contributed by atoms with Gasteiger partial charge in [-0.15, -0.1) is 0 Å². The lowest BCUT2D eigenvalue weighted by Crippen LogP contribution is -2.61. The first-order chi connectivity index (χ1) is 47.2. The molecule has 442 valence electrons. The molecule has 0 fully saturated rings. The summed E-state index contributed by atoms with van der Waals surface area (Å²) in [6.07, 6.45) is 0. The number of fused-ring (bicyclic) bond motifs is 6. The summed E-state index contributed by atoms with van der Waals surface area (Å²) in [7, 11) is 0. The SMILES string of the molecule is c1ccc(-c2ccc3c(c2)B2c4cc(-c5ccccc5)ccc4N(c4c(-c5ccccc5)cccc4-c4ccccc4)c4cc(-c5c6ccccc6c(-c6ccccc6-c6ccccc6)c6ccccc56)cc(c42)N3c2c(-c3ccccc3)cccc2-c2ccccc2)cc1. The van der Waals surface area contributed by atoms with Crippen LogP contribution in [0.5, 0.6) is 0 Å². The van der Waals surface area contributed by atoms with Crippen molar-refractivity contribution in [1.82, 2.24) is 0 Å². The molecule has 0 amide bonds. The highest BCUT2D eigenvalue weighted by atomic mass is 15.2. The van der Waals surface area contributed by atoms with Gasteiger partial charge in [-0.1, -0.05) is 346 Å². The van der Waals surface area contributed by atoms with Crippen molar-refractivity contribution in [3.8, 4) is 100 Å². The summed E-state index contributed by atoms with van der Waals surface area (Å²) < 4.78 is 0. The number of hydrogen-bond acceptors (Lipinski definition) is 2. The number of anilines is 6. The van der Waals surface area contributed by atoms with E-state index in [9.17, 15) is 0 Å². The molecule has 2 aliphatic rings.